The average Bonchev–Trinajstić information content (AvgIpc) is 2.63. The van der Waals surface area contributed by atoms with E-state index in [9.17, 15) is 4.79 Å². The number of aryl methyl sites for hydroxylation is 1. The third-order valence-electron chi connectivity index (χ3n) is 3.27. The van der Waals surface area contributed by atoms with E-state index in [4.69, 9.17) is 4.74 Å². The highest BCUT2D eigenvalue weighted by Crippen LogP contribution is 2.13. The van der Waals surface area contributed by atoms with E-state index in [0.29, 0.717) is 12.4 Å². The third kappa shape index (κ3) is 7.27. The van der Waals surface area contributed by atoms with Gasteiger partial charge in [0.1, 0.15) is 12.4 Å². The molecule has 1 amide bonds. The van der Waals surface area contributed by atoms with Gasteiger partial charge in [0.25, 0.3) is 0 Å². The highest BCUT2D eigenvalue weighted by Gasteiger charge is 2.00. The Kier molecular flexibility index (Phi) is 7.79. The Bertz CT molecular complexity index is 709. The van der Waals surface area contributed by atoms with E-state index in [2.05, 4.69) is 48.3 Å². The fourth-order valence-electron chi connectivity index (χ4n) is 1.96. The van der Waals surface area contributed by atoms with Crippen molar-refractivity contribution in [3.8, 4) is 5.75 Å². The average molecular weight is 354 g/mol. The van der Waals surface area contributed by atoms with Gasteiger partial charge < -0.3 is 4.74 Å². The number of carbonyl (C=O) groups excluding carboxylic acids is 1. The Hall–Kier alpha value is -2.53. The van der Waals surface area contributed by atoms with E-state index in [0.717, 1.165) is 17.1 Å². The molecular formula is C20H22N2O2S. The molecule has 0 heterocycles. The predicted octanol–water partition coefficient (Wildman–Crippen LogP) is 3.94. The molecule has 0 saturated carbocycles. The van der Waals surface area contributed by atoms with Crippen LogP contribution in [0, 0.1) is 6.92 Å². The van der Waals surface area contributed by atoms with Crippen molar-refractivity contribution in [2.24, 2.45) is 5.10 Å². The summed E-state index contributed by atoms with van der Waals surface area (Å²) in [5.41, 5.74) is 5.88. The molecule has 0 saturated heterocycles. The molecular weight excluding hydrogens is 332 g/mol. The van der Waals surface area contributed by atoms with Crippen molar-refractivity contribution in [1.82, 2.24) is 5.43 Å². The van der Waals surface area contributed by atoms with Crippen molar-refractivity contribution in [3.05, 3.63) is 77.9 Å². The summed E-state index contributed by atoms with van der Waals surface area (Å²) in [4.78, 5) is 11.8. The van der Waals surface area contributed by atoms with Crippen LogP contribution in [-0.4, -0.2) is 24.5 Å². The SMILES string of the molecule is C=CCOc1ccc(/C=N\NC(=O)CSCc2ccc(C)cc2)cc1. The highest BCUT2D eigenvalue weighted by molar-refractivity contribution is 7.99. The molecule has 0 aliphatic rings. The molecule has 0 aromatic heterocycles. The van der Waals surface area contributed by atoms with Crippen molar-refractivity contribution in [2.75, 3.05) is 12.4 Å². The van der Waals surface area contributed by atoms with Crippen LogP contribution in [0.1, 0.15) is 16.7 Å². The number of hydrazone groups is 1. The molecule has 0 spiro atoms. The van der Waals surface area contributed by atoms with Gasteiger partial charge in [-0.05, 0) is 42.3 Å². The monoisotopic (exact) mass is 354 g/mol. The lowest BCUT2D eigenvalue weighted by molar-refractivity contribution is -0.118. The molecule has 5 heteroatoms. The molecule has 0 aliphatic carbocycles. The maximum Gasteiger partial charge on any atom is 0.250 e. The Morgan fingerprint density at radius 3 is 2.60 bits per heavy atom. The first-order chi connectivity index (χ1) is 12.2. The zero-order valence-electron chi connectivity index (χ0n) is 14.3. The van der Waals surface area contributed by atoms with E-state index in [-0.39, 0.29) is 5.91 Å². The molecule has 25 heavy (non-hydrogen) atoms. The van der Waals surface area contributed by atoms with Gasteiger partial charge in [-0.1, -0.05) is 42.5 Å². The predicted molar refractivity (Wildman–Crippen MR) is 105 cm³/mol. The van der Waals surface area contributed by atoms with Crippen molar-refractivity contribution >= 4 is 23.9 Å². The first-order valence-electron chi connectivity index (χ1n) is 7.96. The molecule has 2 rings (SSSR count). The Morgan fingerprint density at radius 2 is 1.92 bits per heavy atom. The number of carbonyl (C=O) groups is 1. The molecule has 2 aromatic rings. The lowest BCUT2D eigenvalue weighted by Crippen LogP contribution is -2.19. The molecule has 0 radical (unpaired) electrons. The Labute approximate surface area is 153 Å². The maximum atomic E-state index is 11.8. The molecule has 0 atom stereocenters. The van der Waals surface area contributed by atoms with E-state index in [1.54, 1.807) is 24.1 Å². The summed E-state index contributed by atoms with van der Waals surface area (Å²) in [6.45, 7) is 6.14. The summed E-state index contributed by atoms with van der Waals surface area (Å²) in [5, 5.41) is 3.98. The van der Waals surface area contributed by atoms with Gasteiger partial charge in [-0.15, -0.1) is 11.8 Å². The van der Waals surface area contributed by atoms with Gasteiger partial charge in [0.05, 0.1) is 12.0 Å². The molecule has 2 aromatic carbocycles. The van der Waals surface area contributed by atoms with Gasteiger partial charge in [-0.3, -0.25) is 4.79 Å². The minimum atomic E-state index is -0.112. The second kappa shape index (κ2) is 10.4. The number of ether oxygens (including phenoxy) is 1. The van der Waals surface area contributed by atoms with Gasteiger partial charge in [0.2, 0.25) is 5.91 Å². The van der Waals surface area contributed by atoms with Gasteiger partial charge >= 0.3 is 0 Å². The van der Waals surface area contributed by atoms with Crippen LogP contribution in [0.5, 0.6) is 5.75 Å². The van der Waals surface area contributed by atoms with Crippen molar-refractivity contribution in [3.63, 3.8) is 0 Å². The summed E-state index contributed by atoms with van der Waals surface area (Å²) in [6.07, 6.45) is 3.31. The van der Waals surface area contributed by atoms with E-state index < -0.39 is 0 Å². The maximum absolute atomic E-state index is 11.8. The number of benzene rings is 2. The molecule has 130 valence electrons. The normalized spacial score (nSPS) is 10.6. The van der Waals surface area contributed by atoms with Crippen LogP contribution >= 0.6 is 11.8 Å². The molecule has 0 aliphatic heterocycles. The topological polar surface area (TPSA) is 50.7 Å². The zero-order valence-corrected chi connectivity index (χ0v) is 15.1. The standard InChI is InChI=1S/C20H22N2O2S/c1-3-12-24-19-10-8-17(9-11-19)13-21-22-20(23)15-25-14-18-6-4-16(2)5-7-18/h3-11,13H,1,12,14-15H2,2H3,(H,22,23)/b21-13-. The first-order valence-corrected chi connectivity index (χ1v) is 9.12. The number of amides is 1. The highest BCUT2D eigenvalue weighted by atomic mass is 32.2. The van der Waals surface area contributed by atoms with E-state index in [1.165, 1.54) is 11.1 Å². The quantitative estimate of drug-likeness (QED) is 0.421. The third-order valence-corrected chi connectivity index (χ3v) is 4.28. The van der Waals surface area contributed by atoms with Crippen LogP contribution in [0.15, 0.2) is 66.3 Å². The van der Waals surface area contributed by atoms with Crippen LogP contribution in [0.25, 0.3) is 0 Å². The van der Waals surface area contributed by atoms with Gasteiger partial charge in [0.15, 0.2) is 0 Å². The number of nitrogens with one attached hydrogen (secondary N) is 1. The second-order valence-corrected chi connectivity index (χ2v) is 6.43. The van der Waals surface area contributed by atoms with Crippen molar-refractivity contribution in [1.29, 1.82) is 0 Å². The van der Waals surface area contributed by atoms with Crippen LogP contribution in [0.3, 0.4) is 0 Å². The van der Waals surface area contributed by atoms with Crippen LogP contribution in [-0.2, 0) is 10.5 Å². The number of hydrogen-bond acceptors (Lipinski definition) is 4. The Balaban J connectivity index is 1.69. The number of thioether (sulfide) groups is 1. The van der Waals surface area contributed by atoms with E-state index in [1.807, 2.05) is 24.3 Å². The zero-order chi connectivity index (χ0) is 17.9. The van der Waals surface area contributed by atoms with Gasteiger partial charge in [-0.25, -0.2) is 5.43 Å². The summed E-state index contributed by atoms with van der Waals surface area (Å²) in [7, 11) is 0. The lowest BCUT2D eigenvalue weighted by atomic mass is 10.2. The lowest BCUT2D eigenvalue weighted by Gasteiger charge is -2.03. The van der Waals surface area contributed by atoms with Crippen LogP contribution in [0.2, 0.25) is 0 Å². The first kappa shape index (κ1) is 18.8. The minimum absolute atomic E-state index is 0.112. The summed E-state index contributed by atoms with van der Waals surface area (Å²) < 4.78 is 5.41. The molecule has 0 fully saturated rings. The van der Waals surface area contributed by atoms with Gasteiger partial charge in [0, 0.05) is 5.75 Å². The number of rotatable bonds is 9. The fourth-order valence-corrected chi connectivity index (χ4v) is 2.74. The van der Waals surface area contributed by atoms with Gasteiger partial charge in [-0.2, -0.15) is 5.10 Å². The van der Waals surface area contributed by atoms with Crippen LogP contribution < -0.4 is 10.2 Å². The smallest absolute Gasteiger partial charge is 0.250 e. The second-order valence-electron chi connectivity index (χ2n) is 5.44. The minimum Gasteiger partial charge on any atom is -0.490 e. The largest absolute Gasteiger partial charge is 0.490 e. The van der Waals surface area contributed by atoms with Crippen LogP contribution in [0.4, 0.5) is 0 Å². The molecule has 4 nitrogen and oxygen atoms in total. The number of nitrogens with zero attached hydrogens (tertiary/aromatic N) is 1. The Morgan fingerprint density at radius 1 is 1.20 bits per heavy atom. The molecule has 0 unspecified atom stereocenters. The summed E-state index contributed by atoms with van der Waals surface area (Å²) in [5.74, 6) is 1.84. The van der Waals surface area contributed by atoms with E-state index >= 15 is 0 Å². The summed E-state index contributed by atoms with van der Waals surface area (Å²) in [6, 6.07) is 15.8. The molecule has 0 bridgehead atoms. The number of hydrogen-bond donors (Lipinski definition) is 1. The van der Waals surface area contributed by atoms with Crippen molar-refractivity contribution in [2.45, 2.75) is 12.7 Å². The summed E-state index contributed by atoms with van der Waals surface area (Å²) >= 11 is 1.57. The van der Waals surface area contributed by atoms with Crippen molar-refractivity contribution < 1.29 is 9.53 Å². The molecule has 1 N–H and O–H groups in total. The fraction of sp³-hybridized carbons (Fsp3) is 0.200.